The summed E-state index contributed by atoms with van der Waals surface area (Å²) in [5.41, 5.74) is 3.67. The van der Waals surface area contributed by atoms with E-state index in [1.807, 2.05) is 43.5 Å². The van der Waals surface area contributed by atoms with E-state index in [1.165, 1.54) is 11.3 Å². The molecule has 1 fully saturated rings. The molecule has 0 spiro atoms. The van der Waals surface area contributed by atoms with E-state index >= 15 is 0 Å². The first kappa shape index (κ1) is 25.2. The average Bonchev–Trinajstić information content (AvgIpc) is 3.28. The Morgan fingerprint density at radius 3 is 2.70 bits per heavy atom. The SMILES string of the molecule is CC(C)Oc1nc(N2CCOCC2)ccc1Nc1ncc2scc(-c3cccc(NS(C)(=O)=O)c3)c2n1. The summed E-state index contributed by atoms with van der Waals surface area (Å²) in [6.45, 7) is 6.82. The van der Waals surface area contributed by atoms with Gasteiger partial charge in [0.2, 0.25) is 21.9 Å². The van der Waals surface area contributed by atoms with E-state index in [0.29, 0.717) is 36.4 Å². The van der Waals surface area contributed by atoms with Crippen molar-refractivity contribution in [1.29, 1.82) is 0 Å². The van der Waals surface area contributed by atoms with Crippen LogP contribution in [0.15, 0.2) is 48.0 Å². The minimum absolute atomic E-state index is 0.0623. The molecule has 1 aliphatic rings. The number of fused-ring (bicyclic) bond motifs is 1. The number of rotatable bonds is 8. The fourth-order valence-electron chi connectivity index (χ4n) is 3.99. The Morgan fingerprint density at radius 1 is 1.14 bits per heavy atom. The summed E-state index contributed by atoms with van der Waals surface area (Å²) < 4.78 is 38.3. The molecule has 0 atom stereocenters. The van der Waals surface area contributed by atoms with Crippen molar-refractivity contribution < 1.29 is 17.9 Å². The van der Waals surface area contributed by atoms with Gasteiger partial charge in [0, 0.05) is 29.7 Å². The molecule has 1 saturated heterocycles. The van der Waals surface area contributed by atoms with Crippen LogP contribution in [0.1, 0.15) is 13.8 Å². The molecule has 4 heterocycles. The van der Waals surface area contributed by atoms with Gasteiger partial charge in [0.15, 0.2) is 0 Å². The van der Waals surface area contributed by atoms with Crippen LogP contribution in [0.4, 0.5) is 23.1 Å². The molecule has 0 aliphatic carbocycles. The molecule has 0 radical (unpaired) electrons. The summed E-state index contributed by atoms with van der Waals surface area (Å²) in [6, 6.07) is 11.1. The summed E-state index contributed by atoms with van der Waals surface area (Å²) in [4.78, 5) is 16.2. The molecular formula is C25H28N6O4S2. The van der Waals surface area contributed by atoms with E-state index in [4.69, 9.17) is 19.4 Å². The third-order valence-corrected chi connectivity index (χ3v) is 7.08. The Morgan fingerprint density at radius 2 is 1.95 bits per heavy atom. The average molecular weight is 541 g/mol. The number of hydrogen-bond donors (Lipinski definition) is 2. The zero-order valence-electron chi connectivity index (χ0n) is 20.8. The minimum Gasteiger partial charge on any atom is -0.473 e. The molecule has 0 saturated carbocycles. The second kappa shape index (κ2) is 10.5. The van der Waals surface area contributed by atoms with Crippen molar-refractivity contribution >= 4 is 54.7 Å². The Kier molecular flexibility index (Phi) is 7.13. The van der Waals surface area contributed by atoms with Crippen molar-refractivity contribution in [1.82, 2.24) is 15.0 Å². The van der Waals surface area contributed by atoms with Gasteiger partial charge in [-0.05, 0) is 43.7 Å². The van der Waals surface area contributed by atoms with Crippen LogP contribution >= 0.6 is 11.3 Å². The molecule has 10 nitrogen and oxygen atoms in total. The number of ether oxygens (including phenoxy) is 2. The Balaban J connectivity index is 1.46. The van der Waals surface area contributed by atoms with Crippen LogP contribution < -0.4 is 19.7 Å². The first-order valence-electron chi connectivity index (χ1n) is 11.8. The van der Waals surface area contributed by atoms with Gasteiger partial charge in [-0.1, -0.05) is 12.1 Å². The zero-order valence-corrected chi connectivity index (χ0v) is 22.4. The van der Waals surface area contributed by atoms with Crippen LogP contribution in [0.25, 0.3) is 21.3 Å². The molecule has 3 aromatic heterocycles. The van der Waals surface area contributed by atoms with Gasteiger partial charge in [-0.25, -0.2) is 18.4 Å². The number of sulfonamides is 1. The second-order valence-electron chi connectivity index (χ2n) is 8.92. The van der Waals surface area contributed by atoms with Gasteiger partial charge in [-0.2, -0.15) is 4.98 Å². The lowest BCUT2D eigenvalue weighted by atomic mass is 10.1. The number of pyridine rings is 1. The van der Waals surface area contributed by atoms with Crippen molar-refractivity contribution in [3.8, 4) is 17.0 Å². The normalized spacial score (nSPS) is 14.2. The molecule has 12 heteroatoms. The maximum absolute atomic E-state index is 11.7. The molecule has 5 rings (SSSR count). The third-order valence-electron chi connectivity index (χ3n) is 5.57. The quantitative estimate of drug-likeness (QED) is 0.333. The van der Waals surface area contributed by atoms with Crippen molar-refractivity contribution in [2.45, 2.75) is 20.0 Å². The number of hydrogen-bond acceptors (Lipinski definition) is 10. The first-order chi connectivity index (χ1) is 17.7. The van der Waals surface area contributed by atoms with Gasteiger partial charge in [-0.15, -0.1) is 11.3 Å². The maximum Gasteiger partial charge on any atom is 0.240 e. The Labute approximate surface area is 219 Å². The van der Waals surface area contributed by atoms with Crippen LogP contribution in [-0.2, 0) is 14.8 Å². The Bertz CT molecular complexity index is 1520. The lowest BCUT2D eigenvalue weighted by Gasteiger charge is -2.28. The molecule has 4 aromatic rings. The lowest BCUT2D eigenvalue weighted by molar-refractivity contribution is 0.122. The van der Waals surface area contributed by atoms with Gasteiger partial charge in [0.05, 0.1) is 42.0 Å². The maximum atomic E-state index is 11.7. The predicted octanol–water partition coefficient (Wildman–Crippen LogP) is 4.49. The monoisotopic (exact) mass is 540 g/mol. The van der Waals surface area contributed by atoms with Crippen molar-refractivity contribution in [3.63, 3.8) is 0 Å². The van der Waals surface area contributed by atoms with Crippen LogP contribution in [0.5, 0.6) is 5.88 Å². The fourth-order valence-corrected chi connectivity index (χ4v) is 5.41. The highest BCUT2D eigenvalue weighted by Crippen LogP contribution is 2.35. The molecule has 0 bridgehead atoms. The number of nitrogens with zero attached hydrogens (tertiary/aromatic N) is 4. The number of thiophene rings is 1. The number of benzene rings is 1. The van der Waals surface area contributed by atoms with Crippen molar-refractivity contribution in [2.24, 2.45) is 0 Å². The van der Waals surface area contributed by atoms with Gasteiger partial charge in [-0.3, -0.25) is 4.72 Å². The number of aromatic nitrogens is 3. The molecule has 1 aliphatic heterocycles. The van der Waals surface area contributed by atoms with Crippen LogP contribution in [0.2, 0.25) is 0 Å². The molecule has 1 aromatic carbocycles. The number of morpholine rings is 1. The molecule has 0 amide bonds. The van der Waals surface area contributed by atoms with E-state index in [1.54, 1.807) is 18.3 Å². The van der Waals surface area contributed by atoms with Crippen molar-refractivity contribution in [2.75, 3.05) is 47.5 Å². The third kappa shape index (κ3) is 6.09. The van der Waals surface area contributed by atoms with Crippen LogP contribution in [0.3, 0.4) is 0 Å². The van der Waals surface area contributed by atoms with E-state index < -0.39 is 10.0 Å². The topological polar surface area (TPSA) is 119 Å². The molecule has 194 valence electrons. The first-order valence-corrected chi connectivity index (χ1v) is 14.6. The molecule has 37 heavy (non-hydrogen) atoms. The summed E-state index contributed by atoms with van der Waals surface area (Å²) in [5, 5.41) is 5.27. The summed E-state index contributed by atoms with van der Waals surface area (Å²) in [5.74, 6) is 1.73. The highest BCUT2D eigenvalue weighted by Gasteiger charge is 2.18. The number of nitrogens with one attached hydrogen (secondary N) is 2. The predicted molar refractivity (Wildman–Crippen MR) is 148 cm³/mol. The highest BCUT2D eigenvalue weighted by molar-refractivity contribution is 7.92. The molecular weight excluding hydrogens is 512 g/mol. The van der Waals surface area contributed by atoms with Gasteiger partial charge in [0.25, 0.3) is 0 Å². The summed E-state index contributed by atoms with van der Waals surface area (Å²) in [7, 11) is -3.38. The van der Waals surface area contributed by atoms with Crippen LogP contribution in [-0.4, -0.2) is 62.0 Å². The van der Waals surface area contributed by atoms with E-state index in [2.05, 4.69) is 19.9 Å². The highest BCUT2D eigenvalue weighted by atomic mass is 32.2. The van der Waals surface area contributed by atoms with Gasteiger partial charge in [0.1, 0.15) is 11.5 Å². The largest absolute Gasteiger partial charge is 0.473 e. The minimum atomic E-state index is -3.38. The van der Waals surface area contributed by atoms with Gasteiger partial charge >= 0.3 is 0 Å². The standard InChI is InChI=1S/C25H28N6O4S2/c1-16(2)35-24-20(7-8-22(28-24)31-9-11-34-12-10-31)27-25-26-14-21-23(29-25)19(15-36-21)17-5-4-6-18(13-17)30-37(3,32)33/h4-8,13-16,30H,9-12H2,1-3H3,(H,26,27,29). The second-order valence-corrected chi connectivity index (χ2v) is 11.6. The summed E-state index contributed by atoms with van der Waals surface area (Å²) in [6.07, 6.45) is 2.84. The number of anilines is 4. The van der Waals surface area contributed by atoms with E-state index in [9.17, 15) is 8.42 Å². The summed E-state index contributed by atoms with van der Waals surface area (Å²) >= 11 is 1.53. The fraction of sp³-hybridized carbons (Fsp3) is 0.320. The smallest absolute Gasteiger partial charge is 0.240 e. The van der Waals surface area contributed by atoms with Crippen LogP contribution in [0, 0.1) is 0 Å². The van der Waals surface area contributed by atoms with E-state index in [-0.39, 0.29) is 6.10 Å². The van der Waals surface area contributed by atoms with Gasteiger partial charge < -0.3 is 19.7 Å². The lowest BCUT2D eigenvalue weighted by Crippen LogP contribution is -2.36. The van der Waals surface area contributed by atoms with Crippen molar-refractivity contribution in [3.05, 3.63) is 48.0 Å². The molecule has 0 unspecified atom stereocenters. The zero-order chi connectivity index (χ0) is 26.0. The molecule has 2 N–H and O–H groups in total. The van der Waals surface area contributed by atoms with E-state index in [0.717, 1.165) is 46.5 Å². The Hall–Kier alpha value is -3.48.